The molecule has 2 heterocycles. The molecule has 0 saturated carbocycles. The third kappa shape index (κ3) is 5.44. The normalized spacial score (nSPS) is 18.9. The van der Waals surface area contributed by atoms with Gasteiger partial charge in [0.05, 0.1) is 12.3 Å². The first kappa shape index (κ1) is 23.9. The van der Waals surface area contributed by atoms with Crippen molar-refractivity contribution >= 4 is 23.6 Å². The standard InChI is InChI=1S/C24H28F3N5O2/c1-17-14-18-4-9-22(34-24(25,26)27)15-19(18)16-28-32(17)23(33)30(3)20-5-7-21(8-6-20)31-12-10-29(2)11-13-31/h4-9,15-17H,10-14H2,1-3H3/t17-/m0/s1. The first-order valence-corrected chi connectivity index (χ1v) is 11.1. The maximum absolute atomic E-state index is 13.2. The number of rotatable bonds is 3. The largest absolute Gasteiger partial charge is 0.573 e. The Kier molecular flexibility index (Phi) is 6.70. The number of piperazine rings is 1. The number of hydrazone groups is 1. The van der Waals surface area contributed by atoms with E-state index in [1.807, 2.05) is 31.2 Å². The molecule has 7 nitrogen and oxygen atoms in total. The molecule has 1 fully saturated rings. The van der Waals surface area contributed by atoms with E-state index >= 15 is 0 Å². The second-order valence-electron chi connectivity index (χ2n) is 8.70. The van der Waals surface area contributed by atoms with Gasteiger partial charge < -0.3 is 14.5 Å². The molecule has 2 aliphatic heterocycles. The molecular formula is C24H28F3N5O2. The minimum absolute atomic E-state index is 0.286. The van der Waals surface area contributed by atoms with E-state index in [2.05, 4.69) is 26.7 Å². The highest BCUT2D eigenvalue weighted by atomic mass is 19.4. The van der Waals surface area contributed by atoms with Crippen molar-refractivity contribution in [2.24, 2.45) is 5.10 Å². The molecule has 182 valence electrons. The number of likely N-dealkylation sites (N-methyl/N-ethyl adjacent to an activating group) is 1. The van der Waals surface area contributed by atoms with Crippen molar-refractivity contribution in [2.45, 2.75) is 25.7 Å². The summed E-state index contributed by atoms with van der Waals surface area (Å²) in [6.07, 6.45) is -2.91. The number of hydrogen-bond donors (Lipinski definition) is 0. The number of benzene rings is 2. The highest BCUT2D eigenvalue weighted by Crippen LogP contribution is 2.28. The van der Waals surface area contributed by atoms with Gasteiger partial charge in [0.25, 0.3) is 0 Å². The summed E-state index contributed by atoms with van der Waals surface area (Å²) in [4.78, 5) is 19.4. The molecule has 0 radical (unpaired) electrons. The highest BCUT2D eigenvalue weighted by molar-refractivity contribution is 5.93. The Balaban J connectivity index is 1.46. The highest BCUT2D eigenvalue weighted by Gasteiger charge is 2.32. The van der Waals surface area contributed by atoms with Crippen LogP contribution in [0.25, 0.3) is 0 Å². The molecule has 34 heavy (non-hydrogen) atoms. The molecule has 2 aromatic carbocycles. The minimum atomic E-state index is -4.77. The number of urea groups is 1. The van der Waals surface area contributed by atoms with E-state index in [9.17, 15) is 18.0 Å². The summed E-state index contributed by atoms with van der Waals surface area (Å²) in [5.74, 6) is -0.317. The number of fused-ring (bicyclic) bond motifs is 1. The zero-order valence-corrected chi connectivity index (χ0v) is 19.4. The SMILES string of the molecule is C[C@H]1Cc2ccc(OC(F)(F)F)cc2C=NN1C(=O)N(C)c1ccc(N2CCN(C)CC2)cc1. The van der Waals surface area contributed by atoms with Gasteiger partial charge in [-0.15, -0.1) is 13.2 Å². The van der Waals surface area contributed by atoms with Crippen LogP contribution in [0.3, 0.4) is 0 Å². The third-order valence-electron chi connectivity index (χ3n) is 6.19. The smallest absolute Gasteiger partial charge is 0.406 e. The van der Waals surface area contributed by atoms with Gasteiger partial charge in [-0.25, -0.2) is 9.80 Å². The van der Waals surface area contributed by atoms with Crippen LogP contribution in [0.15, 0.2) is 47.6 Å². The Hall–Kier alpha value is -3.27. The van der Waals surface area contributed by atoms with E-state index in [1.54, 1.807) is 13.1 Å². The van der Waals surface area contributed by atoms with Crippen LogP contribution in [0.2, 0.25) is 0 Å². The van der Waals surface area contributed by atoms with Crippen molar-refractivity contribution in [3.63, 3.8) is 0 Å². The van der Waals surface area contributed by atoms with E-state index in [4.69, 9.17) is 0 Å². The molecule has 1 saturated heterocycles. The van der Waals surface area contributed by atoms with Crippen LogP contribution in [0.5, 0.6) is 5.75 Å². The Morgan fingerprint density at radius 3 is 2.41 bits per heavy atom. The van der Waals surface area contributed by atoms with E-state index in [0.717, 1.165) is 43.1 Å². The fourth-order valence-electron chi connectivity index (χ4n) is 4.17. The van der Waals surface area contributed by atoms with E-state index < -0.39 is 6.36 Å². The summed E-state index contributed by atoms with van der Waals surface area (Å²) in [5, 5.41) is 5.65. The second kappa shape index (κ2) is 9.54. The second-order valence-corrected chi connectivity index (χ2v) is 8.70. The lowest BCUT2D eigenvalue weighted by Gasteiger charge is -2.34. The Bertz CT molecular complexity index is 1050. The average molecular weight is 476 g/mol. The first-order valence-electron chi connectivity index (χ1n) is 11.1. The van der Waals surface area contributed by atoms with Gasteiger partial charge in [-0.2, -0.15) is 5.10 Å². The van der Waals surface area contributed by atoms with Gasteiger partial charge in [-0.3, -0.25) is 4.90 Å². The number of hydrogen-bond acceptors (Lipinski definition) is 5. The molecule has 2 aromatic rings. The molecule has 4 rings (SSSR count). The number of halogens is 3. The lowest BCUT2D eigenvalue weighted by molar-refractivity contribution is -0.274. The van der Waals surface area contributed by atoms with Crippen molar-refractivity contribution < 1.29 is 22.7 Å². The van der Waals surface area contributed by atoms with Gasteiger partial charge in [0, 0.05) is 50.2 Å². The molecule has 10 heteroatoms. The molecule has 0 bridgehead atoms. The van der Waals surface area contributed by atoms with Crippen molar-refractivity contribution in [1.29, 1.82) is 0 Å². The van der Waals surface area contributed by atoms with Crippen molar-refractivity contribution in [1.82, 2.24) is 9.91 Å². The van der Waals surface area contributed by atoms with Crippen LogP contribution in [0, 0.1) is 0 Å². The van der Waals surface area contributed by atoms with Gasteiger partial charge >= 0.3 is 12.4 Å². The fraction of sp³-hybridized carbons (Fsp3) is 0.417. The van der Waals surface area contributed by atoms with Crippen LogP contribution in [0.1, 0.15) is 18.1 Å². The predicted octanol–water partition coefficient (Wildman–Crippen LogP) is 4.17. The fourth-order valence-corrected chi connectivity index (χ4v) is 4.17. The van der Waals surface area contributed by atoms with Gasteiger partial charge in [0.1, 0.15) is 5.75 Å². The topological polar surface area (TPSA) is 51.6 Å². The first-order chi connectivity index (χ1) is 16.1. The minimum Gasteiger partial charge on any atom is -0.406 e. The summed E-state index contributed by atoms with van der Waals surface area (Å²) in [6, 6.07) is 11.4. The third-order valence-corrected chi connectivity index (χ3v) is 6.19. The number of anilines is 2. The van der Waals surface area contributed by atoms with Gasteiger partial charge in [-0.1, -0.05) is 6.07 Å². The lowest BCUT2D eigenvalue weighted by atomic mass is 10.0. The van der Waals surface area contributed by atoms with Crippen molar-refractivity contribution in [3.05, 3.63) is 53.6 Å². The zero-order chi connectivity index (χ0) is 24.5. The quantitative estimate of drug-likeness (QED) is 0.669. The summed E-state index contributed by atoms with van der Waals surface area (Å²) in [6.45, 7) is 5.80. The van der Waals surface area contributed by atoms with Crippen LogP contribution >= 0.6 is 0 Å². The zero-order valence-electron chi connectivity index (χ0n) is 19.4. The van der Waals surface area contributed by atoms with Crippen molar-refractivity contribution in [3.8, 4) is 5.75 Å². The Labute approximate surface area is 197 Å². The molecule has 0 aliphatic carbocycles. The molecule has 1 atom stereocenters. The number of ether oxygens (including phenoxy) is 1. The monoisotopic (exact) mass is 475 g/mol. The van der Waals surface area contributed by atoms with Crippen LogP contribution in [-0.4, -0.2) is 74.8 Å². The summed E-state index contributed by atoms with van der Waals surface area (Å²) >= 11 is 0. The van der Waals surface area contributed by atoms with Crippen LogP contribution < -0.4 is 14.5 Å². The molecule has 0 aromatic heterocycles. The number of carbonyl (C=O) groups excluding carboxylic acids is 1. The number of carbonyl (C=O) groups is 1. The maximum atomic E-state index is 13.2. The van der Waals surface area contributed by atoms with Crippen LogP contribution in [-0.2, 0) is 6.42 Å². The summed E-state index contributed by atoms with van der Waals surface area (Å²) < 4.78 is 41.7. The average Bonchev–Trinajstić information content (AvgIpc) is 2.95. The molecular weight excluding hydrogens is 447 g/mol. The van der Waals surface area contributed by atoms with E-state index in [-0.39, 0.29) is 17.8 Å². The number of nitrogens with zero attached hydrogens (tertiary/aromatic N) is 5. The lowest BCUT2D eigenvalue weighted by Crippen LogP contribution is -2.44. The van der Waals surface area contributed by atoms with E-state index in [0.29, 0.717) is 12.0 Å². The van der Waals surface area contributed by atoms with Crippen molar-refractivity contribution in [2.75, 3.05) is 50.1 Å². The number of alkyl halides is 3. The van der Waals surface area contributed by atoms with Gasteiger partial charge in [0.15, 0.2) is 0 Å². The Morgan fingerprint density at radius 2 is 1.76 bits per heavy atom. The number of amides is 2. The molecule has 0 unspecified atom stereocenters. The van der Waals surface area contributed by atoms with Gasteiger partial charge in [0.2, 0.25) is 0 Å². The molecule has 0 spiro atoms. The molecule has 0 N–H and O–H groups in total. The Morgan fingerprint density at radius 1 is 1.09 bits per heavy atom. The maximum Gasteiger partial charge on any atom is 0.573 e. The predicted molar refractivity (Wildman–Crippen MR) is 126 cm³/mol. The molecule has 2 aliphatic rings. The summed E-state index contributed by atoms with van der Waals surface area (Å²) in [5.41, 5.74) is 3.13. The van der Waals surface area contributed by atoms with Crippen LogP contribution in [0.4, 0.5) is 29.3 Å². The van der Waals surface area contributed by atoms with E-state index in [1.165, 1.54) is 28.3 Å². The molecule has 2 amide bonds. The van der Waals surface area contributed by atoms with Gasteiger partial charge in [-0.05, 0) is 62.4 Å². The summed E-state index contributed by atoms with van der Waals surface area (Å²) in [7, 11) is 3.80.